The maximum atomic E-state index is 10.6. The SMILES string of the molecule is CC(=O)C(C)OCCN=[N+]=[N-]. The maximum Gasteiger partial charge on any atom is 0.158 e. The van der Waals surface area contributed by atoms with Crippen LogP contribution in [-0.2, 0) is 9.53 Å². The molecule has 62 valence electrons. The molecule has 0 fully saturated rings. The standard InChI is InChI=1S/C6H11N3O2/c1-5(10)6(2)11-4-3-8-9-7/h6H,3-4H2,1-2H3. The van der Waals surface area contributed by atoms with Gasteiger partial charge in [-0.05, 0) is 19.4 Å². The topological polar surface area (TPSA) is 75.1 Å². The number of azide groups is 1. The number of rotatable bonds is 5. The summed E-state index contributed by atoms with van der Waals surface area (Å²) in [6.45, 7) is 3.69. The first kappa shape index (κ1) is 9.94. The van der Waals surface area contributed by atoms with Crippen molar-refractivity contribution < 1.29 is 9.53 Å². The average Bonchev–Trinajstić information content (AvgIpc) is 1.97. The molecular formula is C6H11N3O2. The third-order valence-corrected chi connectivity index (χ3v) is 1.19. The minimum Gasteiger partial charge on any atom is -0.371 e. The summed E-state index contributed by atoms with van der Waals surface area (Å²) in [5, 5.41) is 3.25. The van der Waals surface area contributed by atoms with Gasteiger partial charge in [0.1, 0.15) is 6.10 Å². The van der Waals surface area contributed by atoms with E-state index < -0.39 is 6.10 Å². The van der Waals surface area contributed by atoms with Gasteiger partial charge in [0.2, 0.25) is 0 Å². The highest BCUT2D eigenvalue weighted by atomic mass is 16.5. The molecule has 0 radical (unpaired) electrons. The van der Waals surface area contributed by atoms with Crippen molar-refractivity contribution in [3.05, 3.63) is 10.4 Å². The molecule has 1 atom stereocenters. The van der Waals surface area contributed by atoms with E-state index in [2.05, 4.69) is 10.0 Å². The molecular weight excluding hydrogens is 146 g/mol. The van der Waals surface area contributed by atoms with Crippen LogP contribution in [0, 0.1) is 0 Å². The second-order valence-corrected chi connectivity index (χ2v) is 2.08. The van der Waals surface area contributed by atoms with E-state index in [1.165, 1.54) is 6.92 Å². The van der Waals surface area contributed by atoms with Crippen molar-refractivity contribution in [1.29, 1.82) is 0 Å². The molecule has 0 N–H and O–H groups in total. The van der Waals surface area contributed by atoms with Crippen molar-refractivity contribution in [3.8, 4) is 0 Å². The van der Waals surface area contributed by atoms with Crippen LogP contribution in [0.15, 0.2) is 5.11 Å². The van der Waals surface area contributed by atoms with Crippen LogP contribution in [0.5, 0.6) is 0 Å². The highest BCUT2D eigenvalue weighted by molar-refractivity contribution is 5.79. The van der Waals surface area contributed by atoms with Gasteiger partial charge in [-0.25, -0.2) is 0 Å². The zero-order valence-corrected chi connectivity index (χ0v) is 6.65. The Hall–Kier alpha value is -1.06. The fraction of sp³-hybridized carbons (Fsp3) is 0.833. The van der Waals surface area contributed by atoms with Crippen LogP contribution in [0.1, 0.15) is 13.8 Å². The zero-order valence-electron chi connectivity index (χ0n) is 6.65. The number of Topliss-reactive ketones (excluding diaryl/α,β-unsaturated/α-hetero) is 1. The van der Waals surface area contributed by atoms with Gasteiger partial charge in [0, 0.05) is 11.5 Å². The van der Waals surface area contributed by atoms with Gasteiger partial charge in [0.15, 0.2) is 5.78 Å². The molecule has 11 heavy (non-hydrogen) atoms. The second kappa shape index (κ2) is 5.70. The van der Waals surface area contributed by atoms with Crippen molar-refractivity contribution in [3.63, 3.8) is 0 Å². The van der Waals surface area contributed by atoms with Gasteiger partial charge in [0.25, 0.3) is 0 Å². The molecule has 0 aliphatic carbocycles. The molecule has 0 saturated heterocycles. The van der Waals surface area contributed by atoms with Gasteiger partial charge < -0.3 is 4.74 Å². The molecule has 0 aliphatic heterocycles. The van der Waals surface area contributed by atoms with Gasteiger partial charge in [-0.15, -0.1) is 0 Å². The van der Waals surface area contributed by atoms with Crippen LogP contribution >= 0.6 is 0 Å². The third-order valence-electron chi connectivity index (χ3n) is 1.19. The van der Waals surface area contributed by atoms with Crippen molar-refractivity contribution in [2.75, 3.05) is 13.2 Å². The van der Waals surface area contributed by atoms with Gasteiger partial charge in [-0.3, -0.25) is 4.79 Å². The molecule has 0 spiro atoms. The first-order chi connectivity index (χ1) is 5.18. The molecule has 5 nitrogen and oxygen atoms in total. The Morgan fingerprint density at radius 3 is 2.91 bits per heavy atom. The van der Waals surface area contributed by atoms with E-state index in [-0.39, 0.29) is 12.3 Å². The summed E-state index contributed by atoms with van der Waals surface area (Å²) in [7, 11) is 0. The van der Waals surface area contributed by atoms with E-state index in [1.54, 1.807) is 6.92 Å². The molecule has 0 aliphatic rings. The first-order valence-electron chi connectivity index (χ1n) is 3.31. The van der Waals surface area contributed by atoms with Crippen LogP contribution in [0.2, 0.25) is 0 Å². The Balaban J connectivity index is 3.38. The molecule has 5 heteroatoms. The average molecular weight is 157 g/mol. The van der Waals surface area contributed by atoms with Crippen LogP contribution in [-0.4, -0.2) is 25.0 Å². The molecule has 0 aromatic heterocycles. The number of ketones is 1. The van der Waals surface area contributed by atoms with E-state index in [9.17, 15) is 4.79 Å². The predicted molar refractivity (Wildman–Crippen MR) is 40.1 cm³/mol. The van der Waals surface area contributed by atoms with Gasteiger partial charge >= 0.3 is 0 Å². The monoisotopic (exact) mass is 157 g/mol. The second-order valence-electron chi connectivity index (χ2n) is 2.08. The highest BCUT2D eigenvalue weighted by Gasteiger charge is 2.05. The van der Waals surface area contributed by atoms with Gasteiger partial charge in [-0.1, -0.05) is 5.11 Å². The minimum atomic E-state index is -0.399. The van der Waals surface area contributed by atoms with Crippen LogP contribution in [0.3, 0.4) is 0 Å². The van der Waals surface area contributed by atoms with E-state index >= 15 is 0 Å². The Morgan fingerprint density at radius 2 is 2.45 bits per heavy atom. The number of carbonyl (C=O) groups excluding carboxylic acids is 1. The third kappa shape index (κ3) is 5.39. The summed E-state index contributed by atoms with van der Waals surface area (Å²) in [6.07, 6.45) is -0.399. The molecule has 0 aromatic carbocycles. The van der Waals surface area contributed by atoms with E-state index in [4.69, 9.17) is 10.3 Å². The van der Waals surface area contributed by atoms with Crippen molar-refractivity contribution >= 4 is 5.78 Å². The summed E-state index contributed by atoms with van der Waals surface area (Å²) >= 11 is 0. The number of carbonyl (C=O) groups is 1. The lowest BCUT2D eigenvalue weighted by molar-refractivity contribution is -0.127. The van der Waals surface area contributed by atoms with E-state index in [0.29, 0.717) is 6.61 Å². The fourth-order valence-electron chi connectivity index (χ4n) is 0.432. The molecule has 1 unspecified atom stereocenters. The summed E-state index contributed by atoms with van der Waals surface area (Å²) in [5.74, 6) is -0.0223. The summed E-state index contributed by atoms with van der Waals surface area (Å²) < 4.78 is 4.99. The zero-order chi connectivity index (χ0) is 8.69. The molecule has 0 aromatic rings. The number of hydrogen-bond donors (Lipinski definition) is 0. The fourth-order valence-corrected chi connectivity index (χ4v) is 0.432. The Morgan fingerprint density at radius 1 is 1.82 bits per heavy atom. The summed E-state index contributed by atoms with van der Waals surface area (Å²) in [4.78, 5) is 13.1. The van der Waals surface area contributed by atoms with Gasteiger partial charge in [0.05, 0.1) is 6.61 Å². The Bertz CT molecular complexity index is 175. The lowest BCUT2D eigenvalue weighted by Crippen LogP contribution is -2.18. The number of ether oxygens (including phenoxy) is 1. The Labute approximate surface area is 65.0 Å². The molecule has 0 saturated carbocycles. The predicted octanol–water partition coefficient (Wildman–Crippen LogP) is 1.29. The normalized spacial score (nSPS) is 11.8. The molecule has 0 rings (SSSR count). The van der Waals surface area contributed by atoms with E-state index in [1.807, 2.05) is 0 Å². The summed E-state index contributed by atoms with van der Waals surface area (Å²) in [6, 6.07) is 0. The lowest BCUT2D eigenvalue weighted by atomic mass is 10.3. The lowest BCUT2D eigenvalue weighted by Gasteiger charge is -2.06. The van der Waals surface area contributed by atoms with E-state index in [0.717, 1.165) is 0 Å². The van der Waals surface area contributed by atoms with Crippen molar-refractivity contribution in [1.82, 2.24) is 0 Å². The first-order valence-corrected chi connectivity index (χ1v) is 3.31. The molecule has 0 bridgehead atoms. The smallest absolute Gasteiger partial charge is 0.158 e. The molecule has 0 heterocycles. The van der Waals surface area contributed by atoms with Crippen LogP contribution in [0.4, 0.5) is 0 Å². The number of hydrogen-bond acceptors (Lipinski definition) is 3. The Kier molecular flexibility index (Phi) is 5.15. The van der Waals surface area contributed by atoms with Crippen molar-refractivity contribution in [2.24, 2.45) is 5.11 Å². The van der Waals surface area contributed by atoms with Gasteiger partial charge in [-0.2, -0.15) is 0 Å². The highest BCUT2D eigenvalue weighted by Crippen LogP contribution is 1.91. The quantitative estimate of drug-likeness (QED) is 0.261. The van der Waals surface area contributed by atoms with Crippen LogP contribution < -0.4 is 0 Å². The van der Waals surface area contributed by atoms with Crippen molar-refractivity contribution in [2.45, 2.75) is 20.0 Å². The maximum absolute atomic E-state index is 10.6. The molecule has 0 amide bonds. The minimum absolute atomic E-state index is 0.0223. The summed E-state index contributed by atoms with van der Waals surface area (Å²) in [5.41, 5.74) is 7.88. The number of nitrogens with zero attached hydrogens (tertiary/aromatic N) is 3. The van der Waals surface area contributed by atoms with Crippen LogP contribution in [0.25, 0.3) is 10.4 Å². The largest absolute Gasteiger partial charge is 0.371 e.